The Morgan fingerprint density at radius 1 is 1.04 bits per heavy atom. The lowest BCUT2D eigenvalue weighted by Gasteiger charge is -2.38. The second-order valence-electron chi connectivity index (χ2n) is 6.60. The number of hydrogen-bond acceptors (Lipinski definition) is 6. The molecule has 0 aromatic carbocycles. The van der Waals surface area contributed by atoms with Gasteiger partial charge in [0.2, 0.25) is 11.8 Å². The summed E-state index contributed by atoms with van der Waals surface area (Å²) in [5.41, 5.74) is 0. The van der Waals surface area contributed by atoms with Gasteiger partial charge >= 0.3 is 0 Å². The third kappa shape index (κ3) is 4.08. The number of aromatic nitrogens is 4. The quantitative estimate of drug-likeness (QED) is 0.717. The zero-order valence-corrected chi connectivity index (χ0v) is 14.2. The molecule has 1 aromatic rings. The van der Waals surface area contributed by atoms with Crippen LogP contribution in [-0.4, -0.2) is 92.0 Å². The molecule has 9 nitrogen and oxygen atoms in total. The average molecular weight is 335 g/mol. The molecule has 9 heteroatoms. The number of rotatable bonds is 4. The highest BCUT2D eigenvalue weighted by Gasteiger charge is 2.27. The highest BCUT2D eigenvalue weighted by atomic mass is 16.2. The van der Waals surface area contributed by atoms with Gasteiger partial charge in [-0.3, -0.25) is 14.5 Å². The van der Waals surface area contributed by atoms with Gasteiger partial charge in [-0.25, -0.2) is 4.68 Å². The molecule has 3 heterocycles. The summed E-state index contributed by atoms with van der Waals surface area (Å²) in [5.74, 6) is 0.230. The third-order valence-electron chi connectivity index (χ3n) is 4.90. The van der Waals surface area contributed by atoms with Gasteiger partial charge in [-0.2, -0.15) is 0 Å². The normalized spacial score (nSPS) is 22.6. The van der Waals surface area contributed by atoms with Crippen LogP contribution < -0.4 is 0 Å². The summed E-state index contributed by atoms with van der Waals surface area (Å²) in [7, 11) is 0. The standard InChI is InChI=1S/C15H25N7O2/c1-13-4-2-3-5-22(13)15(24)10-19-6-8-20(9-7-19)14(23)11-21-12-16-17-18-21/h12-13H,2-11H2,1H3. The van der Waals surface area contributed by atoms with Gasteiger partial charge in [0.15, 0.2) is 0 Å². The zero-order chi connectivity index (χ0) is 16.9. The van der Waals surface area contributed by atoms with Crippen LogP contribution in [-0.2, 0) is 16.1 Å². The molecule has 2 amide bonds. The minimum absolute atomic E-state index is 0.0120. The van der Waals surface area contributed by atoms with Crippen molar-refractivity contribution in [2.45, 2.75) is 38.8 Å². The fourth-order valence-electron chi connectivity index (χ4n) is 3.40. The summed E-state index contributed by atoms with van der Waals surface area (Å²) in [6.45, 7) is 6.38. The Hall–Kier alpha value is -2.03. The molecular formula is C15H25N7O2. The number of nitrogens with zero attached hydrogens (tertiary/aromatic N) is 7. The van der Waals surface area contributed by atoms with E-state index >= 15 is 0 Å². The molecule has 3 rings (SSSR count). The number of carbonyl (C=O) groups is 2. The highest BCUT2D eigenvalue weighted by molar-refractivity contribution is 5.79. The van der Waals surface area contributed by atoms with Crippen LogP contribution in [0.25, 0.3) is 0 Å². The van der Waals surface area contributed by atoms with E-state index in [-0.39, 0.29) is 18.4 Å². The van der Waals surface area contributed by atoms with Crippen LogP contribution in [0.1, 0.15) is 26.2 Å². The Labute approximate surface area is 141 Å². The Bertz CT molecular complexity index is 554. The monoisotopic (exact) mass is 335 g/mol. The maximum atomic E-state index is 12.5. The molecule has 1 atom stereocenters. The first-order valence-corrected chi connectivity index (χ1v) is 8.64. The molecule has 0 bridgehead atoms. The molecule has 0 spiro atoms. The lowest BCUT2D eigenvalue weighted by molar-refractivity contribution is -0.137. The van der Waals surface area contributed by atoms with E-state index in [0.29, 0.717) is 25.7 Å². The molecule has 24 heavy (non-hydrogen) atoms. The topological polar surface area (TPSA) is 87.5 Å². The molecule has 2 aliphatic heterocycles. The van der Waals surface area contributed by atoms with Crippen LogP contribution in [0.2, 0.25) is 0 Å². The molecule has 2 fully saturated rings. The first-order chi connectivity index (χ1) is 11.6. The van der Waals surface area contributed by atoms with Crippen LogP contribution in [0.4, 0.5) is 0 Å². The smallest absolute Gasteiger partial charge is 0.244 e. The molecule has 1 unspecified atom stereocenters. The van der Waals surface area contributed by atoms with E-state index in [1.807, 2.05) is 9.80 Å². The maximum absolute atomic E-state index is 12.5. The molecule has 2 aliphatic rings. The number of likely N-dealkylation sites (tertiary alicyclic amines) is 1. The van der Waals surface area contributed by atoms with Crippen LogP contribution in [0, 0.1) is 0 Å². The first kappa shape index (κ1) is 16.8. The number of piperazine rings is 1. The minimum atomic E-state index is 0.0120. The van der Waals surface area contributed by atoms with Crippen molar-refractivity contribution in [1.29, 1.82) is 0 Å². The molecule has 2 saturated heterocycles. The summed E-state index contributed by atoms with van der Waals surface area (Å²) in [5, 5.41) is 10.8. The van der Waals surface area contributed by atoms with Gasteiger partial charge in [0, 0.05) is 38.8 Å². The fraction of sp³-hybridized carbons (Fsp3) is 0.800. The molecule has 0 N–H and O–H groups in total. The Balaban J connectivity index is 1.43. The SMILES string of the molecule is CC1CCCCN1C(=O)CN1CCN(C(=O)Cn2cnnn2)CC1. The number of piperidine rings is 1. The minimum Gasteiger partial charge on any atom is -0.339 e. The summed E-state index contributed by atoms with van der Waals surface area (Å²) in [4.78, 5) is 30.7. The Kier molecular flexibility index (Phi) is 5.39. The maximum Gasteiger partial charge on any atom is 0.244 e. The number of tetrazole rings is 1. The predicted molar refractivity (Wildman–Crippen MR) is 85.9 cm³/mol. The summed E-state index contributed by atoms with van der Waals surface area (Å²) >= 11 is 0. The third-order valence-corrected chi connectivity index (χ3v) is 4.90. The van der Waals surface area contributed by atoms with E-state index < -0.39 is 0 Å². The lowest BCUT2D eigenvalue weighted by atomic mass is 10.0. The second-order valence-corrected chi connectivity index (χ2v) is 6.60. The first-order valence-electron chi connectivity index (χ1n) is 8.64. The molecule has 0 aliphatic carbocycles. The summed E-state index contributed by atoms with van der Waals surface area (Å²) in [6, 6.07) is 0.352. The highest BCUT2D eigenvalue weighted by Crippen LogP contribution is 2.17. The van der Waals surface area contributed by atoms with E-state index in [0.717, 1.165) is 32.5 Å². The van der Waals surface area contributed by atoms with Gasteiger partial charge in [0.25, 0.3) is 0 Å². The van der Waals surface area contributed by atoms with E-state index in [1.165, 1.54) is 17.4 Å². The molecular weight excluding hydrogens is 310 g/mol. The molecule has 0 radical (unpaired) electrons. The van der Waals surface area contributed by atoms with Crippen LogP contribution in [0.15, 0.2) is 6.33 Å². The summed E-state index contributed by atoms with van der Waals surface area (Å²) in [6.07, 6.45) is 4.86. The van der Waals surface area contributed by atoms with Crippen molar-refractivity contribution in [1.82, 2.24) is 34.9 Å². The zero-order valence-electron chi connectivity index (χ0n) is 14.2. The fourth-order valence-corrected chi connectivity index (χ4v) is 3.40. The lowest BCUT2D eigenvalue weighted by Crippen LogP contribution is -2.53. The van der Waals surface area contributed by atoms with E-state index in [1.54, 1.807) is 0 Å². The largest absolute Gasteiger partial charge is 0.339 e. The van der Waals surface area contributed by atoms with Gasteiger partial charge < -0.3 is 9.80 Å². The van der Waals surface area contributed by atoms with Crippen molar-refractivity contribution in [2.75, 3.05) is 39.3 Å². The number of amides is 2. The number of carbonyl (C=O) groups excluding carboxylic acids is 2. The average Bonchev–Trinajstić information content (AvgIpc) is 3.08. The molecule has 1 aromatic heterocycles. The Morgan fingerprint density at radius 3 is 2.50 bits per heavy atom. The number of hydrogen-bond donors (Lipinski definition) is 0. The Morgan fingerprint density at radius 2 is 1.83 bits per heavy atom. The predicted octanol–water partition coefficient (Wildman–Crippen LogP) is -0.782. The van der Waals surface area contributed by atoms with Gasteiger partial charge in [-0.1, -0.05) is 0 Å². The van der Waals surface area contributed by atoms with E-state index in [2.05, 4.69) is 27.3 Å². The van der Waals surface area contributed by atoms with Gasteiger partial charge in [-0.05, 0) is 36.6 Å². The van der Waals surface area contributed by atoms with E-state index in [9.17, 15) is 9.59 Å². The van der Waals surface area contributed by atoms with Crippen molar-refractivity contribution < 1.29 is 9.59 Å². The van der Waals surface area contributed by atoms with Crippen molar-refractivity contribution >= 4 is 11.8 Å². The van der Waals surface area contributed by atoms with Gasteiger partial charge in [0.05, 0.1) is 6.54 Å². The second kappa shape index (κ2) is 7.69. The van der Waals surface area contributed by atoms with Crippen LogP contribution in [0.3, 0.4) is 0 Å². The van der Waals surface area contributed by atoms with Crippen LogP contribution >= 0.6 is 0 Å². The van der Waals surface area contributed by atoms with Gasteiger partial charge in [0.1, 0.15) is 12.9 Å². The van der Waals surface area contributed by atoms with Crippen molar-refractivity contribution in [3.8, 4) is 0 Å². The van der Waals surface area contributed by atoms with Crippen molar-refractivity contribution in [3.05, 3.63) is 6.33 Å². The van der Waals surface area contributed by atoms with Crippen molar-refractivity contribution in [3.63, 3.8) is 0 Å². The van der Waals surface area contributed by atoms with E-state index in [4.69, 9.17) is 0 Å². The summed E-state index contributed by atoms with van der Waals surface area (Å²) < 4.78 is 1.43. The van der Waals surface area contributed by atoms with Gasteiger partial charge in [-0.15, -0.1) is 5.10 Å². The van der Waals surface area contributed by atoms with Crippen LogP contribution in [0.5, 0.6) is 0 Å². The molecule has 0 saturated carbocycles. The van der Waals surface area contributed by atoms with Crippen molar-refractivity contribution in [2.24, 2.45) is 0 Å². The molecule has 132 valence electrons.